The van der Waals surface area contributed by atoms with Crippen LogP contribution in [0.3, 0.4) is 0 Å². The number of aliphatic hydroxyl groups excluding tert-OH is 1. The number of hydrogen-bond acceptors (Lipinski definition) is 2. The Balaban J connectivity index is -0.000000366. The maximum absolute atomic E-state index is 12.3. The number of alkyl halides is 6. The summed E-state index contributed by atoms with van der Waals surface area (Å²) in [4.78, 5) is 10.5. The molecule has 0 aromatic rings. The van der Waals surface area contributed by atoms with Crippen molar-refractivity contribution in [2.45, 2.75) is 63.7 Å². The quantitative estimate of drug-likeness (QED) is 0.526. The Morgan fingerprint density at radius 3 is 1.40 bits per heavy atom. The summed E-state index contributed by atoms with van der Waals surface area (Å²) in [7, 11) is 0. The van der Waals surface area contributed by atoms with E-state index in [1.165, 1.54) is 0 Å². The molecular formula is C14H24AlF6LiO3. The zero-order chi connectivity index (χ0) is 17.9. The number of rotatable bonds is 2. The maximum Gasteiger partial charge on any atom is 1.00 e. The van der Waals surface area contributed by atoms with E-state index in [2.05, 4.69) is 0 Å². The van der Waals surface area contributed by atoms with Crippen LogP contribution in [0.2, 0.25) is 0 Å². The summed E-state index contributed by atoms with van der Waals surface area (Å²) in [6, 6.07) is 0. The number of carbonyl (C=O) groups is 1. The molecule has 2 aliphatic carbocycles. The molecule has 11 heteroatoms. The maximum atomic E-state index is 12.3. The first-order valence-electron chi connectivity index (χ1n) is 7.40. The summed E-state index contributed by atoms with van der Waals surface area (Å²) in [6.45, 7) is -0.753. The second kappa shape index (κ2) is 9.90. The van der Waals surface area contributed by atoms with E-state index in [0.29, 0.717) is 25.7 Å². The van der Waals surface area contributed by atoms with E-state index < -0.39 is 35.8 Å². The van der Waals surface area contributed by atoms with Crippen LogP contribution in [0.4, 0.5) is 26.3 Å². The van der Waals surface area contributed by atoms with Crippen LogP contribution < -0.4 is 18.9 Å². The number of aliphatic hydroxyl groups is 1. The van der Waals surface area contributed by atoms with Gasteiger partial charge in [-0.25, -0.2) is 0 Å². The van der Waals surface area contributed by atoms with E-state index in [9.17, 15) is 31.1 Å². The van der Waals surface area contributed by atoms with Gasteiger partial charge in [-0.3, -0.25) is 4.79 Å². The Kier molecular flexibility index (Phi) is 10.8. The summed E-state index contributed by atoms with van der Waals surface area (Å²) < 4.78 is 73.6. The third kappa shape index (κ3) is 5.81. The van der Waals surface area contributed by atoms with Crippen molar-refractivity contribution in [3.63, 3.8) is 0 Å². The molecule has 0 bridgehead atoms. The van der Waals surface area contributed by atoms with Gasteiger partial charge in [-0.15, -0.1) is 0 Å². The number of aliphatic carboxylic acids is 1. The fourth-order valence-corrected chi connectivity index (χ4v) is 3.18. The first-order chi connectivity index (χ1) is 10.4. The fraction of sp³-hybridized carbons (Fsp3) is 0.929. The number of hydrogen-bond donors (Lipinski definition) is 2. The van der Waals surface area contributed by atoms with Gasteiger partial charge in [0.25, 0.3) is 0 Å². The minimum absolute atomic E-state index is 0. The second-order valence-electron chi connectivity index (χ2n) is 6.24. The monoisotopic (exact) mass is 388 g/mol. The van der Waals surface area contributed by atoms with Crippen LogP contribution in [0.1, 0.15) is 52.8 Å². The van der Waals surface area contributed by atoms with Gasteiger partial charge in [0, 0.05) is 0 Å². The first-order valence-corrected chi connectivity index (χ1v) is 7.40. The Morgan fingerprint density at radius 2 is 1.24 bits per heavy atom. The van der Waals surface area contributed by atoms with E-state index in [0.717, 1.165) is 0 Å². The zero-order valence-corrected chi connectivity index (χ0v) is 13.4. The summed E-state index contributed by atoms with van der Waals surface area (Å²) in [5.41, 5.74) is -4.22. The smallest absolute Gasteiger partial charge is 1.00 e. The summed E-state index contributed by atoms with van der Waals surface area (Å²) in [5.74, 6) is -1.73. The molecule has 2 fully saturated rings. The molecule has 144 valence electrons. The van der Waals surface area contributed by atoms with E-state index in [-0.39, 0.29) is 63.3 Å². The zero-order valence-electron chi connectivity index (χ0n) is 14.4. The predicted molar refractivity (Wildman–Crippen MR) is 79.7 cm³/mol. The molecule has 0 atom stereocenters. The molecule has 0 aliphatic heterocycles. The van der Waals surface area contributed by atoms with Crippen molar-refractivity contribution in [2.24, 2.45) is 10.8 Å². The molecule has 0 aromatic heterocycles. The molecule has 0 radical (unpaired) electrons. The molecule has 0 spiro atoms. The van der Waals surface area contributed by atoms with E-state index in [1.807, 2.05) is 0 Å². The Hall–Kier alpha value is 0.140. The van der Waals surface area contributed by atoms with Crippen LogP contribution in [0, 0.1) is 10.8 Å². The fourth-order valence-electron chi connectivity index (χ4n) is 3.18. The van der Waals surface area contributed by atoms with Crippen molar-refractivity contribution >= 4 is 23.3 Å². The van der Waals surface area contributed by atoms with Crippen LogP contribution >= 0.6 is 0 Å². The SMILES string of the molecule is O=C(O)C1(C(F)(F)F)CCCC1.OCC1(C(F)(F)F)CCCC1.[AlH3].[H-].[Li+]. The van der Waals surface area contributed by atoms with Gasteiger partial charge >= 0.3 is 37.2 Å². The molecule has 2 aliphatic rings. The van der Waals surface area contributed by atoms with E-state index in [4.69, 9.17) is 10.2 Å². The third-order valence-electron chi connectivity index (χ3n) is 4.87. The molecule has 25 heavy (non-hydrogen) atoms. The third-order valence-corrected chi connectivity index (χ3v) is 4.87. The van der Waals surface area contributed by atoms with Gasteiger partial charge < -0.3 is 11.6 Å². The molecule has 0 saturated heterocycles. The number of carboxylic acid groups (broad SMARTS) is 1. The Morgan fingerprint density at radius 1 is 0.880 bits per heavy atom. The van der Waals surface area contributed by atoms with Crippen molar-refractivity contribution in [3.8, 4) is 0 Å². The standard InChI is InChI=1S/C7H9F3O2.C7H11F3O.Al.Li.4H/c8-7(9,10)6(5(11)12)3-1-2-4-6;8-7(9,10)6(5-11)3-1-2-4-6;;;;;;/h1-4H2,(H,11,12);11H,1-5H2;;;;;;/q;;;+1;;;;-1. The molecule has 0 unspecified atom stereocenters. The Labute approximate surface area is 166 Å². The Bertz CT molecular complexity index is 422. The summed E-state index contributed by atoms with van der Waals surface area (Å²) in [5, 5.41) is 17.1. The van der Waals surface area contributed by atoms with Crippen LogP contribution in [-0.2, 0) is 4.79 Å². The normalized spacial score (nSPS) is 21.4. The van der Waals surface area contributed by atoms with Gasteiger partial charge in [0.2, 0.25) is 0 Å². The molecule has 2 saturated carbocycles. The van der Waals surface area contributed by atoms with Gasteiger partial charge in [0.1, 0.15) is 0 Å². The molecule has 2 rings (SSSR count). The number of halogens is 6. The number of carboxylic acids is 1. The van der Waals surface area contributed by atoms with Crippen LogP contribution in [-0.4, -0.2) is 52.5 Å². The van der Waals surface area contributed by atoms with Gasteiger partial charge in [-0.05, 0) is 25.7 Å². The van der Waals surface area contributed by atoms with Crippen molar-refractivity contribution in [1.82, 2.24) is 0 Å². The average Bonchev–Trinajstić information content (AvgIpc) is 3.08. The summed E-state index contributed by atoms with van der Waals surface area (Å²) >= 11 is 0. The second-order valence-corrected chi connectivity index (χ2v) is 6.24. The average molecular weight is 388 g/mol. The molecule has 0 heterocycles. The summed E-state index contributed by atoms with van der Waals surface area (Å²) in [6.07, 6.45) is -7.32. The van der Waals surface area contributed by atoms with Gasteiger partial charge in [-0.2, -0.15) is 26.3 Å². The van der Waals surface area contributed by atoms with Crippen LogP contribution in [0.5, 0.6) is 0 Å². The topological polar surface area (TPSA) is 57.5 Å². The van der Waals surface area contributed by atoms with E-state index in [1.54, 1.807) is 0 Å². The minimum Gasteiger partial charge on any atom is -1.00 e. The van der Waals surface area contributed by atoms with E-state index >= 15 is 0 Å². The van der Waals surface area contributed by atoms with Gasteiger partial charge in [-0.1, -0.05) is 25.7 Å². The van der Waals surface area contributed by atoms with Crippen molar-refractivity contribution in [2.75, 3.05) is 6.61 Å². The van der Waals surface area contributed by atoms with Crippen LogP contribution in [0.25, 0.3) is 0 Å². The van der Waals surface area contributed by atoms with Crippen molar-refractivity contribution in [3.05, 3.63) is 0 Å². The molecular weight excluding hydrogens is 364 g/mol. The molecule has 3 nitrogen and oxygen atoms in total. The van der Waals surface area contributed by atoms with Gasteiger partial charge in [0.05, 0.1) is 12.0 Å². The predicted octanol–water partition coefficient (Wildman–Crippen LogP) is 0.228. The first kappa shape index (κ1) is 27.4. The molecule has 0 amide bonds. The molecule has 0 aromatic carbocycles. The van der Waals surface area contributed by atoms with Crippen LogP contribution in [0.15, 0.2) is 0 Å². The van der Waals surface area contributed by atoms with Gasteiger partial charge in [0.15, 0.2) is 22.8 Å². The molecule has 2 N–H and O–H groups in total. The van der Waals surface area contributed by atoms with Crippen molar-refractivity contribution < 1.29 is 61.6 Å². The minimum atomic E-state index is -4.60. The van der Waals surface area contributed by atoms with Crippen molar-refractivity contribution in [1.29, 1.82) is 0 Å². The largest absolute Gasteiger partial charge is 1.00 e.